The fourth-order valence-corrected chi connectivity index (χ4v) is 3.74. The molecular weight excluding hydrogens is 362 g/mol. The van der Waals surface area contributed by atoms with Crippen molar-refractivity contribution in [3.63, 3.8) is 0 Å². The van der Waals surface area contributed by atoms with Gasteiger partial charge in [-0.3, -0.25) is 9.69 Å². The van der Waals surface area contributed by atoms with Crippen LogP contribution in [0.4, 0.5) is 0 Å². The van der Waals surface area contributed by atoms with Crippen molar-refractivity contribution in [2.45, 2.75) is 24.5 Å². The number of rotatable bonds is 7. The molecule has 0 aliphatic carbocycles. The minimum Gasteiger partial charge on any atom is -0.497 e. The second kappa shape index (κ2) is 9.19. The van der Waals surface area contributed by atoms with Gasteiger partial charge in [-0.2, -0.15) is 0 Å². The third-order valence-corrected chi connectivity index (χ3v) is 5.40. The van der Waals surface area contributed by atoms with Crippen molar-refractivity contribution in [1.29, 1.82) is 0 Å². The molecule has 144 valence electrons. The van der Waals surface area contributed by atoms with Gasteiger partial charge >= 0.3 is 0 Å². The Morgan fingerprint density at radius 3 is 2.70 bits per heavy atom. The van der Waals surface area contributed by atoms with Crippen molar-refractivity contribution in [2.75, 3.05) is 33.6 Å². The maximum Gasteiger partial charge on any atom is 0.187 e. The Kier molecular flexibility index (Phi) is 6.68. The van der Waals surface area contributed by atoms with Crippen molar-refractivity contribution >= 4 is 17.5 Å². The van der Waals surface area contributed by atoms with Crippen LogP contribution in [0.2, 0.25) is 0 Å². The van der Waals surface area contributed by atoms with Gasteiger partial charge in [0.2, 0.25) is 0 Å². The summed E-state index contributed by atoms with van der Waals surface area (Å²) in [6.45, 7) is 2.48. The van der Waals surface area contributed by atoms with E-state index in [9.17, 15) is 4.79 Å². The van der Waals surface area contributed by atoms with Gasteiger partial charge in [0.15, 0.2) is 10.9 Å². The minimum absolute atomic E-state index is 0.0348. The molecule has 2 aromatic rings. The van der Waals surface area contributed by atoms with E-state index < -0.39 is 0 Å². The molecule has 1 aromatic carbocycles. The molecule has 1 aliphatic heterocycles. The number of Topliss-reactive ketones (excluding diaryl/α,β-unsaturated/α-hetero) is 1. The van der Waals surface area contributed by atoms with Gasteiger partial charge in [0, 0.05) is 43.0 Å². The Morgan fingerprint density at radius 1 is 1.26 bits per heavy atom. The second-order valence-corrected chi connectivity index (χ2v) is 7.36. The lowest BCUT2D eigenvalue weighted by molar-refractivity contribution is 0.0808. The molecule has 0 amide bonds. The van der Waals surface area contributed by atoms with Crippen molar-refractivity contribution in [2.24, 2.45) is 5.92 Å². The van der Waals surface area contributed by atoms with Gasteiger partial charge in [-0.05, 0) is 37.8 Å². The summed E-state index contributed by atoms with van der Waals surface area (Å²) in [5, 5.41) is 0.775. The number of carbonyl (C=O) groups is 1. The smallest absolute Gasteiger partial charge is 0.187 e. The number of ether oxygens (including phenoxy) is 2. The molecule has 2 heterocycles. The van der Waals surface area contributed by atoms with Crippen LogP contribution >= 0.6 is 11.8 Å². The van der Waals surface area contributed by atoms with Crippen LogP contribution in [0.5, 0.6) is 11.5 Å². The zero-order chi connectivity index (χ0) is 19.2. The number of likely N-dealkylation sites (tertiary alicyclic amines) is 1. The third-order valence-electron chi connectivity index (χ3n) is 4.82. The molecule has 0 unspecified atom stereocenters. The van der Waals surface area contributed by atoms with E-state index in [0.717, 1.165) is 43.2 Å². The zero-order valence-corrected chi connectivity index (χ0v) is 16.8. The summed E-state index contributed by atoms with van der Waals surface area (Å²) in [6.07, 6.45) is 7.60. The molecule has 3 rings (SSSR count). The zero-order valence-electron chi connectivity index (χ0n) is 16.0. The van der Waals surface area contributed by atoms with Gasteiger partial charge in [0.25, 0.3) is 0 Å². The summed E-state index contributed by atoms with van der Waals surface area (Å²) in [5.74, 6) is 1.35. The van der Waals surface area contributed by atoms with Gasteiger partial charge in [-0.25, -0.2) is 9.97 Å². The van der Waals surface area contributed by atoms with Crippen LogP contribution in [0, 0.1) is 5.92 Å². The van der Waals surface area contributed by atoms with Crippen molar-refractivity contribution in [3.8, 4) is 11.5 Å². The fraction of sp³-hybridized carbons (Fsp3) is 0.450. The molecule has 1 aromatic heterocycles. The van der Waals surface area contributed by atoms with Gasteiger partial charge in [0.1, 0.15) is 11.5 Å². The predicted octanol–water partition coefficient (Wildman–Crippen LogP) is 3.31. The maximum absolute atomic E-state index is 13.1. The minimum atomic E-state index is -0.0348. The number of methoxy groups -OCH3 is 2. The maximum atomic E-state index is 13.1. The van der Waals surface area contributed by atoms with Crippen molar-refractivity contribution in [1.82, 2.24) is 14.9 Å². The van der Waals surface area contributed by atoms with Crippen molar-refractivity contribution in [3.05, 3.63) is 41.7 Å². The first-order valence-corrected chi connectivity index (χ1v) is 10.2. The molecule has 6 nitrogen and oxygen atoms in total. The van der Waals surface area contributed by atoms with Gasteiger partial charge in [-0.15, -0.1) is 0 Å². The average molecular weight is 388 g/mol. The van der Waals surface area contributed by atoms with Crippen LogP contribution in [0.15, 0.2) is 35.7 Å². The highest BCUT2D eigenvalue weighted by molar-refractivity contribution is 7.98. The summed E-state index contributed by atoms with van der Waals surface area (Å²) in [5.41, 5.74) is 1.70. The molecule has 7 heteroatoms. The quantitative estimate of drug-likeness (QED) is 0.410. The first kappa shape index (κ1) is 19.6. The molecule has 0 bridgehead atoms. The van der Waals surface area contributed by atoms with Crippen molar-refractivity contribution < 1.29 is 14.3 Å². The van der Waals surface area contributed by atoms with Crippen LogP contribution in [0.3, 0.4) is 0 Å². The van der Waals surface area contributed by atoms with Gasteiger partial charge in [-0.1, -0.05) is 11.8 Å². The lowest BCUT2D eigenvalue weighted by atomic mass is 9.89. The van der Waals surface area contributed by atoms with E-state index in [4.69, 9.17) is 9.47 Å². The van der Waals surface area contributed by atoms with Crippen LogP contribution in [-0.2, 0) is 6.54 Å². The lowest BCUT2D eigenvalue weighted by Gasteiger charge is -2.32. The van der Waals surface area contributed by atoms with Crippen LogP contribution in [0.25, 0.3) is 0 Å². The normalized spacial score (nSPS) is 17.5. The van der Waals surface area contributed by atoms with Crippen LogP contribution in [0.1, 0.15) is 28.8 Å². The summed E-state index contributed by atoms with van der Waals surface area (Å²) in [4.78, 5) is 24.1. The Morgan fingerprint density at radius 2 is 2.04 bits per heavy atom. The number of hydrogen-bond donors (Lipinski definition) is 0. The van der Waals surface area contributed by atoms with E-state index in [1.165, 1.54) is 11.8 Å². The number of carbonyl (C=O) groups excluding carboxylic acids is 1. The molecule has 0 radical (unpaired) electrons. The standard InChI is InChI=1S/C20H25N3O3S/c1-25-16-6-7-17(18(9-16)26-2)19(24)15-5-4-8-23(13-15)12-14-10-21-20(27-3)22-11-14/h6-7,9-11,15H,4-5,8,12-13H2,1-3H3/t15-/m1/s1. The molecular formula is C20H25N3O3S. The van der Waals surface area contributed by atoms with E-state index in [-0.39, 0.29) is 11.7 Å². The highest BCUT2D eigenvalue weighted by Gasteiger charge is 2.28. The number of thioether (sulfide) groups is 1. The Labute approximate surface area is 164 Å². The average Bonchev–Trinajstić information content (AvgIpc) is 2.73. The fourth-order valence-electron chi connectivity index (χ4n) is 3.42. The number of benzene rings is 1. The highest BCUT2D eigenvalue weighted by atomic mass is 32.2. The van der Waals surface area contributed by atoms with Gasteiger partial charge in [0.05, 0.1) is 19.8 Å². The largest absolute Gasteiger partial charge is 0.497 e. The van der Waals surface area contributed by atoms with Crippen LogP contribution < -0.4 is 9.47 Å². The SMILES string of the molecule is COc1ccc(C(=O)[C@@H]2CCCN(Cc3cnc(SC)nc3)C2)c(OC)c1. The monoisotopic (exact) mass is 387 g/mol. The second-order valence-electron chi connectivity index (χ2n) is 6.58. The molecule has 0 N–H and O–H groups in total. The van der Waals surface area contributed by atoms with Gasteiger partial charge < -0.3 is 9.47 Å². The lowest BCUT2D eigenvalue weighted by Crippen LogP contribution is -2.38. The summed E-state index contributed by atoms with van der Waals surface area (Å²) in [7, 11) is 3.18. The molecule has 27 heavy (non-hydrogen) atoms. The number of ketones is 1. The Bertz CT molecular complexity index is 783. The summed E-state index contributed by atoms with van der Waals surface area (Å²) < 4.78 is 10.6. The molecule has 0 saturated carbocycles. The first-order chi connectivity index (χ1) is 13.1. The highest BCUT2D eigenvalue weighted by Crippen LogP contribution is 2.29. The number of nitrogens with zero attached hydrogens (tertiary/aromatic N) is 3. The predicted molar refractivity (Wildman–Crippen MR) is 106 cm³/mol. The summed E-state index contributed by atoms with van der Waals surface area (Å²) in [6, 6.07) is 5.37. The Balaban J connectivity index is 1.69. The molecule has 1 atom stereocenters. The molecule has 1 saturated heterocycles. The molecule has 1 aliphatic rings. The number of piperidine rings is 1. The number of hydrogen-bond acceptors (Lipinski definition) is 7. The molecule has 0 spiro atoms. The van der Waals surface area contributed by atoms with E-state index in [0.29, 0.717) is 17.1 Å². The van der Waals surface area contributed by atoms with E-state index in [1.807, 2.05) is 18.6 Å². The molecule has 1 fully saturated rings. The van der Waals surface area contributed by atoms with E-state index in [2.05, 4.69) is 14.9 Å². The van der Waals surface area contributed by atoms with E-state index >= 15 is 0 Å². The van der Waals surface area contributed by atoms with Crippen LogP contribution in [-0.4, -0.2) is 54.2 Å². The summed E-state index contributed by atoms with van der Waals surface area (Å²) >= 11 is 1.53. The first-order valence-electron chi connectivity index (χ1n) is 8.98. The Hall–Kier alpha value is -2.12. The third kappa shape index (κ3) is 4.78. The van der Waals surface area contributed by atoms with E-state index in [1.54, 1.807) is 32.4 Å². The topological polar surface area (TPSA) is 64.5 Å². The number of aromatic nitrogens is 2.